The maximum absolute atomic E-state index is 12.2. The third-order valence-corrected chi connectivity index (χ3v) is 6.12. The van der Waals surface area contributed by atoms with Gasteiger partial charge in [-0.1, -0.05) is 62.4 Å². The van der Waals surface area contributed by atoms with E-state index in [9.17, 15) is 14.7 Å². The molecule has 1 saturated carbocycles. The summed E-state index contributed by atoms with van der Waals surface area (Å²) in [5.74, 6) is -0.459. The number of amidine groups is 1. The molecule has 1 aliphatic rings. The van der Waals surface area contributed by atoms with Crippen molar-refractivity contribution in [3.8, 4) is 11.1 Å². The van der Waals surface area contributed by atoms with Crippen molar-refractivity contribution >= 4 is 17.7 Å². The van der Waals surface area contributed by atoms with Crippen molar-refractivity contribution in [2.24, 2.45) is 5.92 Å². The molecule has 3 rings (SSSR count). The molecule has 2 N–H and O–H groups in total. The summed E-state index contributed by atoms with van der Waals surface area (Å²) in [6.07, 6.45) is 3.58. The third-order valence-electron chi connectivity index (χ3n) is 6.12. The van der Waals surface area contributed by atoms with Crippen LogP contribution in [0.5, 0.6) is 0 Å². The second-order valence-corrected chi connectivity index (χ2v) is 8.71. The van der Waals surface area contributed by atoms with Crippen LogP contribution < -0.4 is 0 Å². The highest BCUT2D eigenvalue weighted by atomic mass is 16.4. The van der Waals surface area contributed by atoms with Crippen LogP contribution in [0.15, 0.2) is 48.5 Å². The van der Waals surface area contributed by atoms with Gasteiger partial charge in [0.1, 0.15) is 5.84 Å². The van der Waals surface area contributed by atoms with Gasteiger partial charge in [-0.15, -0.1) is 0 Å². The highest BCUT2D eigenvalue weighted by Crippen LogP contribution is 2.49. The van der Waals surface area contributed by atoms with Crippen LogP contribution in [0.3, 0.4) is 0 Å². The zero-order valence-corrected chi connectivity index (χ0v) is 18.6. The fourth-order valence-corrected chi connectivity index (χ4v) is 4.04. The predicted molar refractivity (Wildman–Crippen MR) is 123 cm³/mol. The van der Waals surface area contributed by atoms with Crippen LogP contribution in [-0.2, 0) is 21.4 Å². The van der Waals surface area contributed by atoms with Crippen LogP contribution >= 0.6 is 0 Å². The number of hydrogen-bond acceptors (Lipinski definition) is 3. The van der Waals surface area contributed by atoms with Crippen LogP contribution in [0.4, 0.5) is 0 Å². The normalized spacial score (nSPS) is 14.3. The molecule has 1 fully saturated rings. The maximum Gasteiger partial charge on any atom is 0.314 e. The summed E-state index contributed by atoms with van der Waals surface area (Å²) in [5, 5.41) is 17.9. The number of aryl methyl sites for hydroxylation is 1. The van der Waals surface area contributed by atoms with E-state index in [1.807, 2.05) is 57.2 Å². The summed E-state index contributed by atoms with van der Waals surface area (Å²) >= 11 is 0. The van der Waals surface area contributed by atoms with Crippen LogP contribution in [-0.4, -0.2) is 34.3 Å². The Morgan fingerprint density at radius 1 is 1.10 bits per heavy atom. The van der Waals surface area contributed by atoms with Crippen LogP contribution in [0.2, 0.25) is 0 Å². The lowest BCUT2D eigenvalue weighted by Crippen LogP contribution is -2.38. The lowest BCUT2D eigenvalue weighted by Gasteiger charge is -2.23. The standard InChI is InChI=1S/C26H32N2O3/c1-4-28(24(29)18(2)3)23(27)13-6-9-19-8-5-10-20(16-19)21-11-7-12-22(17-21)26(14-15-26)25(30)31/h5,7-8,10-12,16-18,27H,4,6,9,13-15H2,1-3H3,(H,30,31). The smallest absolute Gasteiger partial charge is 0.314 e. The molecule has 0 radical (unpaired) electrons. The molecular formula is C26H32N2O3. The summed E-state index contributed by atoms with van der Waals surface area (Å²) in [4.78, 5) is 25.5. The van der Waals surface area contributed by atoms with Crippen molar-refractivity contribution < 1.29 is 14.7 Å². The summed E-state index contributed by atoms with van der Waals surface area (Å²) < 4.78 is 0. The molecule has 0 unspecified atom stereocenters. The molecule has 5 heteroatoms. The third kappa shape index (κ3) is 5.04. The van der Waals surface area contributed by atoms with Crippen molar-refractivity contribution in [3.05, 3.63) is 59.7 Å². The molecule has 164 valence electrons. The van der Waals surface area contributed by atoms with Gasteiger partial charge in [0.2, 0.25) is 5.91 Å². The van der Waals surface area contributed by atoms with E-state index in [1.54, 1.807) is 4.90 Å². The quantitative estimate of drug-likeness (QED) is 0.428. The van der Waals surface area contributed by atoms with Crippen LogP contribution in [0.1, 0.15) is 57.6 Å². The largest absolute Gasteiger partial charge is 0.481 e. The van der Waals surface area contributed by atoms with E-state index in [-0.39, 0.29) is 11.8 Å². The number of carboxylic acids is 1. The zero-order valence-electron chi connectivity index (χ0n) is 18.6. The summed E-state index contributed by atoms with van der Waals surface area (Å²) in [6.45, 7) is 6.16. The predicted octanol–water partition coefficient (Wildman–Crippen LogP) is 5.27. The van der Waals surface area contributed by atoms with Gasteiger partial charge in [0, 0.05) is 18.9 Å². The molecule has 0 atom stereocenters. The zero-order chi connectivity index (χ0) is 22.6. The molecule has 0 aliphatic heterocycles. The Labute approximate surface area is 184 Å². The number of benzene rings is 2. The average molecular weight is 421 g/mol. The number of carbonyl (C=O) groups excluding carboxylic acids is 1. The summed E-state index contributed by atoms with van der Waals surface area (Å²) in [5.41, 5.74) is 3.45. The minimum atomic E-state index is -0.738. The van der Waals surface area contributed by atoms with Gasteiger partial charge in [0.15, 0.2) is 0 Å². The van der Waals surface area contributed by atoms with Crippen molar-refractivity contribution in [2.45, 2.75) is 58.3 Å². The summed E-state index contributed by atoms with van der Waals surface area (Å²) in [6, 6.07) is 16.2. The van der Waals surface area contributed by atoms with E-state index in [2.05, 4.69) is 12.1 Å². The van der Waals surface area contributed by atoms with E-state index >= 15 is 0 Å². The van der Waals surface area contributed by atoms with Crippen LogP contribution in [0.25, 0.3) is 11.1 Å². The minimum Gasteiger partial charge on any atom is -0.481 e. The lowest BCUT2D eigenvalue weighted by atomic mass is 9.92. The Hall–Kier alpha value is -2.95. The number of carbonyl (C=O) groups is 2. The highest BCUT2D eigenvalue weighted by Gasteiger charge is 2.51. The average Bonchev–Trinajstić information content (AvgIpc) is 3.57. The van der Waals surface area contributed by atoms with Gasteiger partial charge in [0.25, 0.3) is 0 Å². The number of nitrogens with one attached hydrogen (secondary N) is 1. The molecule has 0 bridgehead atoms. The van der Waals surface area contributed by atoms with Gasteiger partial charge >= 0.3 is 5.97 Å². The fourth-order valence-electron chi connectivity index (χ4n) is 4.04. The lowest BCUT2D eigenvalue weighted by molar-refractivity contribution is -0.140. The monoisotopic (exact) mass is 420 g/mol. The van der Waals surface area contributed by atoms with E-state index < -0.39 is 11.4 Å². The molecule has 0 heterocycles. The van der Waals surface area contributed by atoms with Gasteiger partial charge in [-0.25, -0.2) is 0 Å². The molecule has 0 saturated heterocycles. The first-order chi connectivity index (χ1) is 14.8. The van der Waals surface area contributed by atoms with Gasteiger partial charge < -0.3 is 10.0 Å². The molecule has 2 aromatic rings. The molecule has 5 nitrogen and oxygen atoms in total. The Morgan fingerprint density at radius 3 is 2.32 bits per heavy atom. The van der Waals surface area contributed by atoms with Crippen molar-refractivity contribution in [1.29, 1.82) is 5.41 Å². The van der Waals surface area contributed by atoms with Crippen molar-refractivity contribution in [2.75, 3.05) is 6.54 Å². The Morgan fingerprint density at radius 2 is 1.74 bits per heavy atom. The van der Waals surface area contributed by atoms with E-state index in [1.165, 1.54) is 5.56 Å². The SMILES string of the molecule is CCN(C(=N)CCCc1cccc(-c2cccc(C3(C(=O)O)CC3)c2)c1)C(=O)C(C)C. The van der Waals surface area contributed by atoms with Crippen molar-refractivity contribution in [1.82, 2.24) is 4.90 Å². The number of amides is 1. The molecular weight excluding hydrogens is 388 g/mol. The Bertz CT molecular complexity index is 976. The Balaban J connectivity index is 1.66. The van der Waals surface area contributed by atoms with Crippen LogP contribution in [0, 0.1) is 11.3 Å². The second-order valence-electron chi connectivity index (χ2n) is 8.71. The van der Waals surface area contributed by atoms with Gasteiger partial charge in [-0.3, -0.25) is 15.0 Å². The van der Waals surface area contributed by atoms with E-state index in [0.29, 0.717) is 31.6 Å². The highest BCUT2D eigenvalue weighted by molar-refractivity contribution is 5.97. The maximum atomic E-state index is 12.2. The first kappa shape index (κ1) is 22.7. The molecule has 31 heavy (non-hydrogen) atoms. The summed E-state index contributed by atoms with van der Waals surface area (Å²) in [7, 11) is 0. The first-order valence-corrected chi connectivity index (χ1v) is 11.1. The minimum absolute atomic E-state index is 0.00387. The Kier molecular flexibility index (Phi) is 6.94. The number of nitrogens with zero attached hydrogens (tertiary/aromatic N) is 1. The number of hydrogen-bond donors (Lipinski definition) is 2. The van der Waals surface area contributed by atoms with E-state index in [0.717, 1.165) is 29.5 Å². The van der Waals surface area contributed by atoms with E-state index in [4.69, 9.17) is 5.41 Å². The number of carboxylic acid groups (broad SMARTS) is 1. The molecule has 1 aliphatic carbocycles. The molecule has 0 aromatic heterocycles. The van der Waals surface area contributed by atoms with Crippen molar-refractivity contribution in [3.63, 3.8) is 0 Å². The number of rotatable bonds is 9. The van der Waals surface area contributed by atoms with Gasteiger partial charge in [-0.2, -0.15) is 0 Å². The second kappa shape index (κ2) is 9.46. The van der Waals surface area contributed by atoms with Gasteiger partial charge in [-0.05, 0) is 54.9 Å². The number of aliphatic carboxylic acids is 1. The topological polar surface area (TPSA) is 81.5 Å². The molecule has 0 spiro atoms. The fraction of sp³-hybridized carbons (Fsp3) is 0.423. The first-order valence-electron chi connectivity index (χ1n) is 11.1. The van der Waals surface area contributed by atoms with Gasteiger partial charge in [0.05, 0.1) is 5.41 Å². The molecule has 2 aromatic carbocycles. The molecule has 1 amide bonds.